The molecular formula is C25H29N2O3-. The van der Waals surface area contributed by atoms with Gasteiger partial charge in [0.05, 0.1) is 12.6 Å². The van der Waals surface area contributed by atoms with Crippen LogP contribution in [0.25, 0.3) is 0 Å². The quantitative estimate of drug-likeness (QED) is 0.592. The number of aryl methyl sites for hydroxylation is 1. The largest absolute Gasteiger partial charge is 0.545 e. The van der Waals surface area contributed by atoms with Gasteiger partial charge in [0.15, 0.2) is 0 Å². The first-order valence-corrected chi connectivity index (χ1v) is 10.3. The number of carboxylic acids is 1. The van der Waals surface area contributed by atoms with Gasteiger partial charge in [-0.05, 0) is 56.5 Å². The van der Waals surface area contributed by atoms with Crippen molar-refractivity contribution in [3.8, 4) is 5.75 Å². The predicted octanol–water partition coefficient (Wildman–Crippen LogP) is 3.51. The molecule has 1 heterocycles. The number of hydrogen-bond donors (Lipinski definition) is 1. The van der Waals surface area contributed by atoms with Crippen molar-refractivity contribution in [3.63, 3.8) is 0 Å². The number of nitrogens with zero attached hydrogens (tertiary/aromatic N) is 1. The minimum Gasteiger partial charge on any atom is -0.545 e. The first kappa shape index (κ1) is 21.7. The molecule has 0 amide bonds. The maximum absolute atomic E-state index is 11.9. The van der Waals surface area contributed by atoms with Crippen LogP contribution in [0.2, 0.25) is 0 Å². The van der Waals surface area contributed by atoms with Gasteiger partial charge < -0.3 is 24.5 Å². The summed E-state index contributed by atoms with van der Waals surface area (Å²) < 4.78 is 7.53. The number of ether oxygens (including phenoxy) is 1. The van der Waals surface area contributed by atoms with E-state index in [-0.39, 0.29) is 0 Å². The Morgan fingerprint density at radius 3 is 2.17 bits per heavy atom. The SMILES string of the molecule is CCOc1ccc(CNCc2c(C(=O)[O-])c(C)n(Cc3ccc(C)cc3)c2C)cc1. The van der Waals surface area contributed by atoms with Crippen molar-refractivity contribution in [2.45, 2.75) is 47.3 Å². The minimum atomic E-state index is -1.13. The van der Waals surface area contributed by atoms with Gasteiger partial charge in [0.1, 0.15) is 5.75 Å². The molecule has 0 unspecified atom stereocenters. The van der Waals surface area contributed by atoms with Crippen LogP contribution in [0.15, 0.2) is 48.5 Å². The summed E-state index contributed by atoms with van der Waals surface area (Å²) in [5, 5.41) is 15.2. The minimum absolute atomic E-state index is 0.291. The summed E-state index contributed by atoms with van der Waals surface area (Å²) in [5.74, 6) is -0.281. The third-order valence-electron chi connectivity index (χ3n) is 5.44. The summed E-state index contributed by atoms with van der Waals surface area (Å²) in [5.41, 5.74) is 6.21. The number of benzene rings is 2. The summed E-state index contributed by atoms with van der Waals surface area (Å²) in [7, 11) is 0. The van der Waals surface area contributed by atoms with Gasteiger partial charge in [0, 0.05) is 36.6 Å². The molecule has 0 bridgehead atoms. The molecule has 0 atom stereocenters. The van der Waals surface area contributed by atoms with E-state index in [2.05, 4.69) is 41.1 Å². The first-order chi connectivity index (χ1) is 14.4. The molecular weight excluding hydrogens is 376 g/mol. The Labute approximate surface area is 178 Å². The lowest BCUT2D eigenvalue weighted by Crippen LogP contribution is -2.25. The van der Waals surface area contributed by atoms with E-state index in [1.807, 2.05) is 45.0 Å². The van der Waals surface area contributed by atoms with Crippen LogP contribution in [0.4, 0.5) is 0 Å². The highest BCUT2D eigenvalue weighted by atomic mass is 16.5. The molecule has 0 aliphatic carbocycles. The lowest BCUT2D eigenvalue weighted by Gasteiger charge is -2.11. The fourth-order valence-electron chi connectivity index (χ4n) is 3.75. The van der Waals surface area contributed by atoms with E-state index in [0.717, 1.165) is 33.8 Å². The number of rotatable bonds is 9. The van der Waals surface area contributed by atoms with Crippen LogP contribution in [0, 0.1) is 20.8 Å². The normalized spacial score (nSPS) is 10.9. The standard InChI is InChI=1S/C25H30N2O3/c1-5-30-22-12-10-20(11-13-22)14-26-15-23-18(3)27(19(4)24(23)25(28)29)16-21-8-6-17(2)7-9-21/h6-13,26H,5,14-16H2,1-4H3,(H,28,29)/p-1. The highest BCUT2D eigenvalue weighted by molar-refractivity contribution is 5.89. The van der Waals surface area contributed by atoms with Gasteiger partial charge in [-0.25, -0.2) is 0 Å². The van der Waals surface area contributed by atoms with Crippen molar-refractivity contribution in [1.82, 2.24) is 9.88 Å². The molecule has 3 rings (SSSR count). The van der Waals surface area contributed by atoms with Crippen molar-refractivity contribution in [1.29, 1.82) is 0 Å². The van der Waals surface area contributed by atoms with Crippen LogP contribution in [0.3, 0.4) is 0 Å². The Hall–Kier alpha value is -3.05. The zero-order valence-electron chi connectivity index (χ0n) is 18.1. The maximum atomic E-state index is 11.9. The van der Waals surface area contributed by atoms with E-state index in [4.69, 9.17) is 4.74 Å². The average Bonchev–Trinajstić information content (AvgIpc) is 2.95. The van der Waals surface area contributed by atoms with Gasteiger partial charge in [-0.15, -0.1) is 0 Å². The molecule has 5 heteroatoms. The van der Waals surface area contributed by atoms with Crippen molar-refractivity contribution in [2.24, 2.45) is 0 Å². The van der Waals surface area contributed by atoms with E-state index in [1.165, 1.54) is 5.56 Å². The Morgan fingerprint density at radius 2 is 1.57 bits per heavy atom. The molecule has 0 spiro atoms. The molecule has 0 radical (unpaired) electrons. The maximum Gasteiger partial charge on any atom is 0.119 e. The fraction of sp³-hybridized carbons (Fsp3) is 0.320. The second-order valence-corrected chi connectivity index (χ2v) is 7.56. The van der Waals surface area contributed by atoms with Gasteiger partial charge >= 0.3 is 0 Å². The lowest BCUT2D eigenvalue weighted by atomic mass is 10.1. The molecule has 1 N–H and O–H groups in total. The van der Waals surface area contributed by atoms with E-state index >= 15 is 0 Å². The molecule has 5 nitrogen and oxygen atoms in total. The Bertz CT molecular complexity index is 1000. The van der Waals surface area contributed by atoms with Gasteiger partial charge in [0.2, 0.25) is 0 Å². The monoisotopic (exact) mass is 405 g/mol. The molecule has 0 saturated carbocycles. The number of aromatic carboxylic acids is 1. The van der Waals surface area contributed by atoms with E-state index in [1.54, 1.807) is 0 Å². The zero-order valence-corrected chi connectivity index (χ0v) is 18.1. The van der Waals surface area contributed by atoms with E-state index in [0.29, 0.717) is 31.8 Å². The number of carboxylic acid groups (broad SMARTS) is 1. The van der Waals surface area contributed by atoms with E-state index in [9.17, 15) is 9.90 Å². The summed E-state index contributed by atoms with van der Waals surface area (Å²) >= 11 is 0. The van der Waals surface area contributed by atoms with Gasteiger partial charge in [-0.2, -0.15) is 0 Å². The summed E-state index contributed by atoms with van der Waals surface area (Å²) in [6.07, 6.45) is 0. The molecule has 0 aliphatic rings. The third kappa shape index (κ3) is 4.92. The smallest absolute Gasteiger partial charge is 0.119 e. The lowest BCUT2D eigenvalue weighted by molar-refractivity contribution is -0.255. The average molecular weight is 406 g/mol. The van der Waals surface area contributed by atoms with Crippen LogP contribution in [0.1, 0.15) is 50.9 Å². The number of carbonyl (C=O) groups excluding carboxylic acids is 1. The molecule has 1 aromatic heterocycles. The molecule has 0 saturated heterocycles. The van der Waals surface area contributed by atoms with Crippen molar-refractivity contribution in [3.05, 3.63) is 87.7 Å². The highest BCUT2D eigenvalue weighted by Crippen LogP contribution is 2.24. The first-order valence-electron chi connectivity index (χ1n) is 10.3. The Morgan fingerprint density at radius 1 is 0.933 bits per heavy atom. The highest BCUT2D eigenvalue weighted by Gasteiger charge is 2.18. The van der Waals surface area contributed by atoms with Crippen LogP contribution >= 0.6 is 0 Å². The van der Waals surface area contributed by atoms with Gasteiger partial charge in [-0.1, -0.05) is 42.0 Å². The molecule has 3 aromatic rings. The van der Waals surface area contributed by atoms with Crippen molar-refractivity contribution >= 4 is 5.97 Å². The number of carbonyl (C=O) groups is 1. The predicted molar refractivity (Wildman–Crippen MR) is 117 cm³/mol. The van der Waals surface area contributed by atoms with Crippen LogP contribution in [0.5, 0.6) is 5.75 Å². The molecule has 0 fully saturated rings. The number of nitrogens with one attached hydrogen (secondary N) is 1. The second-order valence-electron chi connectivity index (χ2n) is 7.56. The Kier molecular flexibility index (Phi) is 6.95. The number of hydrogen-bond acceptors (Lipinski definition) is 4. The topological polar surface area (TPSA) is 66.3 Å². The van der Waals surface area contributed by atoms with Crippen LogP contribution < -0.4 is 15.2 Å². The Balaban J connectivity index is 1.76. The molecule has 30 heavy (non-hydrogen) atoms. The fourth-order valence-corrected chi connectivity index (χ4v) is 3.75. The van der Waals surface area contributed by atoms with Crippen LogP contribution in [-0.2, 0) is 19.6 Å². The zero-order chi connectivity index (χ0) is 21.7. The van der Waals surface area contributed by atoms with Crippen LogP contribution in [-0.4, -0.2) is 17.1 Å². The second kappa shape index (κ2) is 9.63. The molecule has 158 valence electrons. The summed E-state index contributed by atoms with van der Waals surface area (Å²) in [4.78, 5) is 11.9. The summed E-state index contributed by atoms with van der Waals surface area (Å²) in [6, 6.07) is 16.2. The van der Waals surface area contributed by atoms with Gasteiger partial charge in [0.25, 0.3) is 0 Å². The van der Waals surface area contributed by atoms with E-state index < -0.39 is 5.97 Å². The summed E-state index contributed by atoms with van der Waals surface area (Å²) in [6.45, 7) is 10.2. The number of aromatic nitrogens is 1. The van der Waals surface area contributed by atoms with Gasteiger partial charge in [-0.3, -0.25) is 0 Å². The van der Waals surface area contributed by atoms with Crippen molar-refractivity contribution < 1.29 is 14.6 Å². The van der Waals surface area contributed by atoms with Crippen molar-refractivity contribution in [2.75, 3.05) is 6.61 Å². The third-order valence-corrected chi connectivity index (χ3v) is 5.44. The molecule has 0 aliphatic heterocycles. The molecule has 2 aromatic carbocycles.